The summed E-state index contributed by atoms with van der Waals surface area (Å²) in [6, 6.07) is 4.01. The summed E-state index contributed by atoms with van der Waals surface area (Å²) in [5.41, 5.74) is -0.167. The Morgan fingerprint density at radius 3 is 2.70 bits per heavy atom. The van der Waals surface area contributed by atoms with Crippen LogP contribution < -0.4 is 0 Å². The zero-order valence-electron chi connectivity index (χ0n) is 10.4. The molecule has 0 radical (unpaired) electrons. The first-order chi connectivity index (χ1) is 9.29. The van der Waals surface area contributed by atoms with Gasteiger partial charge in [0.1, 0.15) is 5.82 Å². The fourth-order valence-electron chi connectivity index (χ4n) is 2.26. The summed E-state index contributed by atoms with van der Waals surface area (Å²) in [5, 5.41) is 0. The normalized spacial score (nSPS) is 20.1. The Morgan fingerprint density at radius 1 is 1.35 bits per heavy atom. The van der Waals surface area contributed by atoms with Crippen LogP contribution in [0.3, 0.4) is 0 Å². The Balaban J connectivity index is 2.18. The molecule has 2 nitrogen and oxygen atoms in total. The van der Waals surface area contributed by atoms with Crippen LogP contribution in [0.2, 0.25) is 0 Å². The number of amides is 1. The SMILES string of the molecule is O=C(c1cc(I)ccc1F)N1CCCC(C(F)(F)F)C1. The zero-order valence-corrected chi connectivity index (χ0v) is 12.5. The quantitative estimate of drug-likeness (QED) is 0.518. The molecule has 1 aromatic rings. The van der Waals surface area contributed by atoms with Crippen molar-refractivity contribution in [3.05, 3.63) is 33.1 Å². The fraction of sp³-hybridized carbons (Fsp3) is 0.462. The zero-order chi connectivity index (χ0) is 14.9. The van der Waals surface area contributed by atoms with Crippen molar-refractivity contribution >= 4 is 28.5 Å². The van der Waals surface area contributed by atoms with E-state index < -0.39 is 30.4 Å². The van der Waals surface area contributed by atoms with E-state index in [9.17, 15) is 22.4 Å². The summed E-state index contributed by atoms with van der Waals surface area (Å²) in [5.74, 6) is -2.90. The first-order valence-corrected chi connectivity index (χ1v) is 7.18. The van der Waals surface area contributed by atoms with Gasteiger partial charge in [0.05, 0.1) is 11.5 Å². The van der Waals surface area contributed by atoms with Crippen LogP contribution in [0.25, 0.3) is 0 Å². The highest BCUT2D eigenvalue weighted by Crippen LogP contribution is 2.33. The van der Waals surface area contributed by atoms with E-state index in [1.54, 1.807) is 0 Å². The maximum Gasteiger partial charge on any atom is 0.393 e. The molecule has 0 aliphatic carbocycles. The van der Waals surface area contributed by atoms with Crippen LogP contribution in [0.15, 0.2) is 18.2 Å². The van der Waals surface area contributed by atoms with E-state index in [-0.39, 0.29) is 24.9 Å². The number of carbonyl (C=O) groups excluding carboxylic acids is 1. The molecule has 0 aromatic heterocycles. The number of alkyl halides is 3. The lowest BCUT2D eigenvalue weighted by molar-refractivity contribution is -0.184. The maximum absolute atomic E-state index is 13.6. The van der Waals surface area contributed by atoms with Gasteiger partial charge in [0.25, 0.3) is 5.91 Å². The summed E-state index contributed by atoms with van der Waals surface area (Å²) in [6.45, 7) is -0.163. The van der Waals surface area contributed by atoms with Gasteiger partial charge in [-0.25, -0.2) is 4.39 Å². The highest BCUT2D eigenvalue weighted by molar-refractivity contribution is 14.1. The van der Waals surface area contributed by atoms with E-state index in [1.165, 1.54) is 12.1 Å². The van der Waals surface area contributed by atoms with Crippen molar-refractivity contribution in [3.63, 3.8) is 0 Å². The molecular weight excluding hydrogens is 389 g/mol. The molecule has 0 saturated carbocycles. The second-order valence-corrected chi connectivity index (χ2v) is 6.00. The van der Waals surface area contributed by atoms with Crippen molar-refractivity contribution in [2.75, 3.05) is 13.1 Å². The lowest BCUT2D eigenvalue weighted by atomic mass is 9.97. The van der Waals surface area contributed by atoms with Crippen LogP contribution in [0.4, 0.5) is 17.6 Å². The Hall–Kier alpha value is -0.860. The third-order valence-corrected chi connectivity index (χ3v) is 4.00. The molecule has 20 heavy (non-hydrogen) atoms. The summed E-state index contributed by atoms with van der Waals surface area (Å²) < 4.78 is 52.4. The van der Waals surface area contributed by atoms with Gasteiger partial charge < -0.3 is 4.90 Å². The first-order valence-electron chi connectivity index (χ1n) is 6.10. The molecule has 0 spiro atoms. The Bertz CT molecular complexity index is 518. The molecule has 2 rings (SSSR count). The monoisotopic (exact) mass is 401 g/mol. The van der Waals surface area contributed by atoms with Gasteiger partial charge in [-0.15, -0.1) is 0 Å². The number of rotatable bonds is 1. The van der Waals surface area contributed by atoms with Gasteiger partial charge in [-0.3, -0.25) is 4.79 Å². The minimum atomic E-state index is -4.32. The molecular formula is C13H12F4INO. The molecule has 1 unspecified atom stereocenters. The summed E-state index contributed by atoms with van der Waals surface area (Å²) in [7, 11) is 0. The van der Waals surface area contributed by atoms with Gasteiger partial charge in [0.2, 0.25) is 0 Å². The van der Waals surface area contributed by atoms with Gasteiger partial charge in [0.15, 0.2) is 0 Å². The average Bonchev–Trinajstić information content (AvgIpc) is 2.40. The number of hydrogen-bond acceptors (Lipinski definition) is 1. The van der Waals surface area contributed by atoms with E-state index in [1.807, 2.05) is 22.6 Å². The van der Waals surface area contributed by atoms with Gasteiger partial charge >= 0.3 is 6.18 Å². The van der Waals surface area contributed by atoms with Gasteiger partial charge in [-0.1, -0.05) is 0 Å². The largest absolute Gasteiger partial charge is 0.393 e. The second-order valence-electron chi connectivity index (χ2n) is 4.76. The number of nitrogens with zero attached hydrogens (tertiary/aromatic N) is 1. The Kier molecular flexibility index (Phi) is 4.55. The van der Waals surface area contributed by atoms with Crippen molar-refractivity contribution < 1.29 is 22.4 Å². The van der Waals surface area contributed by atoms with Crippen molar-refractivity contribution in [2.24, 2.45) is 5.92 Å². The number of carbonyl (C=O) groups is 1. The number of halogens is 5. The summed E-state index contributed by atoms with van der Waals surface area (Å²) in [4.78, 5) is 13.3. The van der Waals surface area contributed by atoms with E-state index >= 15 is 0 Å². The van der Waals surface area contributed by atoms with Crippen LogP contribution in [0.1, 0.15) is 23.2 Å². The maximum atomic E-state index is 13.6. The van der Waals surface area contributed by atoms with Crippen LogP contribution in [-0.2, 0) is 0 Å². The van der Waals surface area contributed by atoms with Gasteiger partial charge in [-0.05, 0) is 53.6 Å². The lowest BCUT2D eigenvalue weighted by Gasteiger charge is -2.33. The Labute approximate surface area is 127 Å². The molecule has 1 atom stereocenters. The summed E-state index contributed by atoms with van der Waals surface area (Å²) in [6.07, 6.45) is -4.02. The minimum absolute atomic E-state index is 0.0160. The predicted molar refractivity (Wildman–Crippen MR) is 73.8 cm³/mol. The molecule has 1 aliphatic rings. The van der Waals surface area contributed by atoms with Gasteiger partial charge in [-0.2, -0.15) is 13.2 Å². The van der Waals surface area contributed by atoms with Crippen molar-refractivity contribution in [1.29, 1.82) is 0 Å². The predicted octanol–water partition coefficient (Wildman–Crippen LogP) is 3.84. The number of likely N-dealkylation sites (tertiary alicyclic amines) is 1. The highest BCUT2D eigenvalue weighted by Gasteiger charge is 2.42. The van der Waals surface area contributed by atoms with Crippen LogP contribution in [-0.4, -0.2) is 30.1 Å². The molecule has 110 valence electrons. The molecule has 0 N–H and O–H groups in total. The third kappa shape index (κ3) is 3.42. The van der Waals surface area contributed by atoms with Crippen molar-refractivity contribution in [1.82, 2.24) is 4.90 Å². The van der Waals surface area contributed by atoms with E-state index in [4.69, 9.17) is 0 Å². The molecule has 1 amide bonds. The number of hydrogen-bond donors (Lipinski definition) is 0. The molecule has 1 heterocycles. The molecule has 7 heteroatoms. The second kappa shape index (κ2) is 5.87. The third-order valence-electron chi connectivity index (χ3n) is 3.33. The van der Waals surface area contributed by atoms with E-state index in [2.05, 4.69) is 0 Å². The van der Waals surface area contributed by atoms with Gasteiger partial charge in [0, 0.05) is 16.7 Å². The van der Waals surface area contributed by atoms with E-state index in [0.29, 0.717) is 3.57 Å². The standard InChI is InChI=1S/C13H12F4INO/c14-11-4-3-9(18)6-10(11)12(20)19-5-1-2-8(7-19)13(15,16)17/h3-4,6,8H,1-2,5,7H2. The molecule has 1 saturated heterocycles. The molecule has 0 bridgehead atoms. The topological polar surface area (TPSA) is 20.3 Å². The van der Waals surface area contributed by atoms with Crippen molar-refractivity contribution in [3.8, 4) is 0 Å². The summed E-state index contributed by atoms with van der Waals surface area (Å²) >= 11 is 1.93. The highest BCUT2D eigenvalue weighted by atomic mass is 127. The van der Waals surface area contributed by atoms with Crippen LogP contribution in [0, 0.1) is 15.3 Å². The molecule has 1 aromatic carbocycles. The fourth-order valence-corrected chi connectivity index (χ4v) is 2.75. The van der Waals surface area contributed by atoms with Crippen LogP contribution >= 0.6 is 22.6 Å². The minimum Gasteiger partial charge on any atom is -0.338 e. The first kappa shape index (κ1) is 15.5. The molecule has 1 fully saturated rings. The lowest BCUT2D eigenvalue weighted by Crippen LogP contribution is -2.44. The Morgan fingerprint density at radius 2 is 2.05 bits per heavy atom. The molecule has 1 aliphatic heterocycles. The van der Waals surface area contributed by atoms with Crippen molar-refractivity contribution in [2.45, 2.75) is 19.0 Å². The smallest absolute Gasteiger partial charge is 0.338 e. The van der Waals surface area contributed by atoms with Crippen LogP contribution in [0.5, 0.6) is 0 Å². The van der Waals surface area contributed by atoms with E-state index in [0.717, 1.165) is 11.0 Å². The number of benzene rings is 1. The number of piperidine rings is 1. The average molecular weight is 401 g/mol.